The highest BCUT2D eigenvalue weighted by atomic mass is 35.5. The molecule has 48 heavy (non-hydrogen) atoms. The van der Waals surface area contributed by atoms with Crippen molar-refractivity contribution in [1.29, 1.82) is 0 Å². The van der Waals surface area contributed by atoms with E-state index in [1.54, 1.807) is 30.7 Å². The lowest BCUT2D eigenvalue weighted by atomic mass is 10.1. The topological polar surface area (TPSA) is 97.1 Å². The smallest absolute Gasteiger partial charge is 0.141 e. The Bertz CT molecular complexity index is 2260. The van der Waals surface area contributed by atoms with Gasteiger partial charge in [0.1, 0.15) is 20.6 Å². The van der Waals surface area contributed by atoms with Gasteiger partial charge >= 0.3 is 0 Å². The minimum absolute atomic E-state index is 0.348. The molecule has 8 rings (SSSR count). The molecule has 0 bridgehead atoms. The zero-order chi connectivity index (χ0) is 33.0. The van der Waals surface area contributed by atoms with E-state index in [4.69, 9.17) is 46.4 Å². The summed E-state index contributed by atoms with van der Waals surface area (Å²) in [6.07, 6.45) is 11.1. The molecule has 0 fully saturated rings. The average molecular weight is 716 g/mol. The maximum atomic E-state index is 6.11. The van der Waals surface area contributed by atoms with Crippen LogP contribution in [0.3, 0.4) is 0 Å². The van der Waals surface area contributed by atoms with Gasteiger partial charge in [0.2, 0.25) is 0 Å². The largest absolute Gasteiger partial charge is 0.268 e. The van der Waals surface area contributed by atoms with Crippen molar-refractivity contribution in [2.45, 2.75) is 26.2 Å². The van der Waals surface area contributed by atoms with Crippen molar-refractivity contribution in [1.82, 2.24) is 49.1 Å². The van der Waals surface area contributed by atoms with Crippen LogP contribution in [0.2, 0.25) is 20.6 Å². The fourth-order valence-electron chi connectivity index (χ4n) is 5.24. The first-order valence-electron chi connectivity index (χ1n) is 14.8. The minimum atomic E-state index is 0.348. The summed E-state index contributed by atoms with van der Waals surface area (Å²) in [6, 6.07) is 24.1. The molecular formula is C34H26Cl4N10. The molecule has 0 N–H and O–H groups in total. The second kappa shape index (κ2) is 14.2. The standard InChI is InChI=1S/2C17H13Cl2N5/c18-16-8-15-14(17(19)22-16)9-21-24(15)11-13-4-2-12(3-5-13)10-23-7-1-6-20-23;18-16-8-15-14(17(19)21-16)11-24(22-15)10-13-4-2-12(3-5-13)9-23-7-1-6-20-23/h1-9H,10-11H2;1-8,11H,9-10H2. The van der Waals surface area contributed by atoms with Gasteiger partial charge in [-0.15, -0.1) is 0 Å². The quantitative estimate of drug-likeness (QED) is 0.148. The van der Waals surface area contributed by atoms with Gasteiger partial charge in [-0.05, 0) is 34.4 Å². The summed E-state index contributed by atoms with van der Waals surface area (Å²) in [4.78, 5) is 8.08. The Balaban J connectivity index is 0.000000152. The number of fused-ring (bicyclic) bond motifs is 2. The summed E-state index contributed by atoms with van der Waals surface area (Å²) in [6.45, 7) is 2.82. The van der Waals surface area contributed by atoms with Crippen molar-refractivity contribution in [3.63, 3.8) is 0 Å². The van der Waals surface area contributed by atoms with Gasteiger partial charge in [0.25, 0.3) is 0 Å². The van der Waals surface area contributed by atoms with Gasteiger partial charge in [-0.25, -0.2) is 9.97 Å². The highest BCUT2D eigenvalue weighted by molar-refractivity contribution is 6.36. The molecule has 0 saturated heterocycles. The Kier molecular flexibility index (Phi) is 9.40. The first-order chi connectivity index (χ1) is 23.4. The van der Waals surface area contributed by atoms with Crippen molar-refractivity contribution >= 4 is 68.2 Å². The van der Waals surface area contributed by atoms with Crippen LogP contribution in [0.25, 0.3) is 21.8 Å². The van der Waals surface area contributed by atoms with E-state index in [0.717, 1.165) is 46.0 Å². The molecule has 0 radical (unpaired) electrons. The average Bonchev–Trinajstić information content (AvgIpc) is 3.89. The second-order valence-corrected chi connectivity index (χ2v) is 12.5. The van der Waals surface area contributed by atoms with Gasteiger partial charge in [-0.3, -0.25) is 18.7 Å². The molecule has 0 unspecified atom stereocenters. The highest BCUT2D eigenvalue weighted by Crippen LogP contribution is 2.26. The van der Waals surface area contributed by atoms with E-state index >= 15 is 0 Å². The Morgan fingerprint density at radius 3 is 1.58 bits per heavy atom. The third-order valence-corrected chi connectivity index (χ3v) is 8.53. The van der Waals surface area contributed by atoms with E-state index in [2.05, 4.69) is 78.9 Å². The number of halogens is 4. The van der Waals surface area contributed by atoms with Gasteiger partial charge < -0.3 is 0 Å². The van der Waals surface area contributed by atoms with Crippen molar-refractivity contribution in [3.05, 3.63) is 153 Å². The SMILES string of the molecule is Clc1cc2c(cnn2Cc2ccc(Cn3cccn3)cc2)c(Cl)n1.Clc1cc2nn(Cc3ccc(Cn4cccn4)cc3)cc2c(Cl)n1. The predicted molar refractivity (Wildman–Crippen MR) is 189 cm³/mol. The van der Waals surface area contributed by atoms with E-state index in [1.807, 2.05) is 49.5 Å². The van der Waals surface area contributed by atoms with Gasteiger partial charge in [0, 0.05) is 43.1 Å². The Labute approximate surface area is 295 Å². The van der Waals surface area contributed by atoms with Crippen LogP contribution >= 0.6 is 46.4 Å². The van der Waals surface area contributed by atoms with E-state index < -0.39 is 0 Å². The molecule has 6 aromatic heterocycles. The molecule has 0 amide bonds. The number of aromatic nitrogens is 10. The van der Waals surface area contributed by atoms with Gasteiger partial charge in [-0.2, -0.15) is 20.4 Å². The normalized spacial score (nSPS) is 11.2. The molecule has 2 aromatic carbocycles. The number of rotatable bonds is 8. The van der Waals surface area contributed by atoms with Crippen molar-refractivity contribution in [3.8, 4) is 0 Å². The number of pyridine rings is 2. The van der Waals surface area contributed by atoms with Crippen LogP contribution in [-0.4, -0.2) is 49.1 Å². The van der Waals surface area contributed by atoms with Crippen molar-refractivity contribution < 1.29 is 0 Å². The van der Waals surface area contributed by atoms with Gasteiger partial charge in [0.15, 0.2) is 0 Å². The number of benzene rings is 2. The van der Waals surface area contributed by atoms with E-state index in [9.17, 15) is 0 Å². The molecule has 0 aliphatic rings. The highest BCUT2D eigenvalue weighted by Gasteiger charge is 2.10. The third kappa shape index (κ3) is 7.53. The Hall–Kier alpha value is -4.74. The van der Waals surface area contributed by atoms with Crippen LogP contribution in [0.4, 0.5) is 0 Å². The molecule has 0 atom stereocenters. The summed E-state index contributed by atoms with van der Waals surface area (Å²) in [5.41, 5.74) is 6.32. The van der Waals surface area contributed by atoms with Crippen LogP contribution in [0.1, 0.15) is 22.3 Å². The zero-order valence-electron chi connectivity index (χ0n) is 25.2. The zero-order valence-corrected chi connectivity index (χ0v) is 28.2. The Morgan fingerprint density at radius 2 is 1.04 bits per heavy atom. The molecule has 0 aliphatic carbocycles. The number of hydrogen-bond donors (Lipinski definition) is 0. The van der Waals surface area contributed by atoms with Crippen LogP contribution in [0, 0.1) is 0 Å². The number of nitrogens with zero attached hydrogens (tertiary/aromatic N) is 10. The van der Waals surface area contributed by atoms with Crippen LogP contribution in [0.15, 0.2) is 110 Å². The fourth-order valence-corrected chi connectivity index (χ4v) is 6.17. The fraction of sp³-hybridized carbons (Fsp3) is 0.118. The van der Waals surface area contributed by atoms with Crippen molar-refractivity contribution in [2.75, 3.05) is 0 Å². The predicted octanol–water partition coefficient (Wildman–Crippen LogP) is 8.06. The van der Waals surface area contributed by atoms with Crippen LogP contribution in [0.5, 0.6) is 0 Å². The Morgan fingerprint density at radius 1 is 0.542 bits per heavy atom. The third-order valence-electron chi connectivity index (χ3n) is 7.57. The van der Waals surface area contributed by atoms with Crippen LogP contribution < -0.4 is 0 Å². The molecule has 0 spiro atoms. The molecular weight excluding hydrogens is 690 g/mol. The van der Waals surface area contributed by atoms with E-state index in [0.29, 0.717) is 33.7 Å². The lowest BCUT2D eigenvalue weighted by molar-refractivity contribution is 0.682. The van der Waals surface area contributed by atoms with E-state index in [-0.39, 0.29) is 0 Å². The first kappa shape index (κ1) is 31.8. The van der Waals surface area contributed by atoms with Crippen LogP contribution in [-0.2, 0) is 26.2 Å². The molecule has 14 heteroatoms. The van der Waals surface area contributed by atoms with Gasteiger partial charge in [0.05, 0.1) is 54.2 Å². The summed E-state index contributed by atoms with van der Waals surface area (Å²) in [5, 5.41) is 20.4. The monoisotopic (exact) mass is 714 g/mol. The number of hydrogen-bond acceptors (Lipinski definition) is 6. The molecule has 6 heterocycles. The molecule has 10 nitrogen and oxygen atoms in total. The molecule has 8 aromatic rings. The molecule has 0 saturated carbocycles. The lowest BCUT2D eigenvalue weighted by Gasteiger charge is -2.07. The van der Waals surface area contributed by atoms with Gasteiger partial charge in [-0.1, -0.05) is 94.9 Å². The first-order valence-corrected chi connectivity index (χ1v) is 16.3. The summed E-state index contributed by atoms with van der Waals surface area (Å²) in [7, 11) is 0. The second-order valence-electron chi connectivity index (χ2n) is 11.0. The maximum absolute atomic E-state index is 6.11. The summed E-state index contributed by atoms with van der Waals surface area (Å²) >= 11 is 24.1. The lowest BCUT2D eigenvalue weighted by Crippen LogP contribution is -2.03. The maximum Gasteiger partial charge on any atom is 0.141 e. The van der Waals surface area contributed by atoms with Crippen molar-refractivity contribution in [2.24, 2.45) is 0 Å². The molecule has 0 aliphatic heterocycles. The summed E-state index contributed by atoms with van der Waals surface area (Å²) in [5.74, 6) is 0. The summed E-state index contributed by atoms with van der Waals surface area (Å²) < 4.78 is 7.51. The molecule has 240 valence electrons. The minimum Gasteiger partial charge on any atom is -0.268 e. The van der Waals surface area contributed by atoms with E-state index in [1.165, 1.54) is 11.1 Å².